The molecule has 1 aliphatic heterocycles. The fourth-order valence-corrected chi connectivity index (χ4v) is 3.79. The minimum Gasteiger partial charge on any atom is -0.492 e. The van der Waals surface area contributed by atoms with Gasteiger partial charge in [0.15, 0.2) is 11.2 Å². The van der Waals surface area contributed by atoms with Gasteiger partial charge in [0.25, 0.3) is 0 Å². The van der Waals surface area contributed by atoms with Gasteiger partial charge in [-0.15, -0.1) is 0 Å². The van der Waals surface area contributed by atoms with Gasteiger partial charge in [0.1, 0.15) is 5.75 Å². The minimum atomic E-state index is -0.285. The van der Waals surface area contributed by atoms with Gasteiger partial charge >= 0.3 is 0 Å². The van der Waals surface area contributed by atoms with Crippen molar-refractivity contribution in [2.45, 2.75) is 52.6 Å². The van der Waals surface area contributed by atoms with Crippen LogP contribution in [-0.4, -0.2) is 36.3 Å². The Labute approximate surface area is 182 Å². The number of carbonyl (C=O) groups excluding carboxylic acids is 1. The SMILES string of the molecule is CCC(C)(C)N1Cc2cc(OCCCOC)c(Cl)cc2-c2cc(=O)c(C(C)=O)cn21. The molecule has 0 spiro atoms. The maximum absolute atomic E-state index is 12.6. The lowest BCUT2D eigenvalue weighted by Gasteiger charge is -2.45. The summed E-state index contributed by atoms with van der Waals surface area (Å²) in [5.74, 6) is 0.380. The normalized spacial score (nSPS) is 13.1. The molecule has 0 atom stereocenters. The summed E-state index contributed by atoms with van der Waals surface area (Å²) in [6.45, 7) is 9.56. The molecule has 0 bridgehead atoms. The summed E-state index contributed by atoms with van der Waals surface area (Å²) < 4.78 is 12.9. The average molecular weight is 433 g/mol. The zero-order valence-corrected chi connectivity index (χ0v) is 19.0. The third-order valence-electron chi connectivity index (χ3n) is 5.74. The molecule has 0 N–H and O–H groups in total. The molecule has 7 heteroatoms. The number of pyridine rings is 1. The number of hydrogen-bond acceptors (Lipinski definition) is 5. The zero-order chi connectivity index (χ0) is 22.1. The topological polar surface area (TPSA) is 60.8 Å². The first-order valence-electron chi connectivity index (χ1n) is 10.2. The summed E-state index contributed by atoms with van der Waals surface area (Å²) in [6.07, 6.45) is 3.31. The maximum Gasteiger partial charge on any atom is 0.193 e. The van der Waals surface area contributed by atoms with Crippen LogP contribution in [0.2, 0.25) is 5.02 Å². The summed E-state index contributed by atoms with van der Waals surface area (Å²) in [5, 5.41) is 2.67. The molecule has 1 aliphatic rings. The number of hydrogen-bond donors (Lipinski definition) is 0. The van der Waals surface area contributed by atoms with E-state index in [-0.39, 0.29) is 22.3 Å². The lowest BCUT2D eigenvalue weighted by atomic mass is 9.95. The fourth-order valence-electron chi connectivity index (χ4n) is 3.58. The third-order valence-corrected chi connectivity index (χ3v) is 6.03. The molecule has 0 saturated heterocycles. The first-order valence-corrected chi connectivity index (χ1v) is 10.6. The molecule has 30 heavy (non-hydrogen) atoms. The summed E-state index contributed by atoms with van der Waals surface area (Å²) in [7, 11) is 1.66. The number of ether oxygens (including phenoxy) is 2. The van der Waals surface area contributed by atoms with Crippen molar-refractivity contribution in [1.82, 2.24) is 4.68 Å². The highest BCUT2D eigenvalue weighted by Crippen LogP contribution is 2.39. The molecule has 1 aromatic carbocycles. The molecule has 0 amide bonds. The smallest absolute Gasteiger partial charge is 0.193 e. The van der Waals surface area contributed by atoms with E-state index < -0.39 is 0 Å². The van der Waals surface area contributed by atoms with E-state index in [1.54, 1.807) is 13.3 Å². The largest absolute Gasteiger partial charge is 0.492 e. The summed E-state index contributed by atoms with van der Waals surface area (Å²) in [6, 6.07) is 5.33. The molecule has 1 aromatic heterocycles. The van der Waals surface area contributed by atoms with Crippen LogP contribution in [0.3, 0.4) is 0 Å². The predicted octanol–water partition coefficient (Wildman–Crippen LogP) is 4.43. The maximum atomic E-state index is 12.6. The Hall–Kier alpha value is -2.31. The molecule has 0 saturated carbocycles. The van der Waals surface area contributed by atoms with Crippen LogP contribution in [0.5, 0.6) is 5.75 Å². The van der Waals surface area contributed by atoms with Gasteiger partial charge in [-0.05, 0) is 44.9 Å². The van der Waals surface area contributed by atoms with Crippen molar-refractivity contribution in [2.75, 3.05) is 25.3 Å². The van der Waals surface area contributed by atoms with Crippen molar-refractivity contribution in [2.24, 2.45) is 0 Å². The van der Waals surface area contributed by atoms with Crippen LogP contribution in [0.1, 0.15) is 56.5 Å². The van der Waals surface area contributed by atoms with Gasteiger partial charge < -0.3 is 14.5 Å². The molecular weight excluding hydrogens is 404 g/mol. The van der Waals surface area contributed by atoms with E-state index in [9.17, 15) is 9.59 Å². The zero-order valence-electron chi connectivity index (χ0n) is 18.3. The van der Waals surface area contributed by atoms with Crippen LogP contribution in [0.25, 0.3) is 11.3 Å². The first kappa shape index (κ1) is 22.4. The van der Waals surface area contributed by atoms with Crippen LogP contribution in [0, 0.1) is 0 Å². The van der Waals surface area contributed by atoms with E-state index in [1.807, 2.05) is 16.8 Å². The van der Waals surface area contributed by atoms with E-state index in [0.29, 0.717) is 30.5 Å². The molecule has 162 valence electrons. The standard InChI is InChI=1S/C23H29ClN2O4/c1-6-23(3,4)26-13-16-10-22(30-9-7-8-29-5)19(24)11-17(16)20-12-21(28)18(15(2)27)14-25(20)26/h10-12,14H,6-9,13H2,1-5H3. The molecule has 0 aliphatic carbocycles. The molecule has 6 nitrogen and oxygen atoms in total. The van der Waals surface area contributed by atoms with E-state index >= 15 is 0 Å². The fraction of sp³-hybridized carbons (Fsp3) is 0.478. The highest BCUT2D eigenvalue weighted by Gasteiger charge is 2.32. The summed E-state index contributed by atoms with van der Waals surface area (Å²) in [4.78, 5) is 24.6. The van der Waals surface area contributed by atoms with Crippen molar-refractivity contribution >= 4 is 17.4 Å². The molecule has 0 unspecified atom stereocenters. The van der Waals surface area contributed by atoms with Crippen LogP contribution in [-0.2, 0) is 11.3 Å². The number of aromatic nitrogens is 1. The predicted molar refractivity (Wildman–Crippen MR) is 119 cm³/mol. The van der Waals surface area contributed by atoms with Crippen molar-refractivity contribution < 1.29 is 14.3 Å². The van der Waals surface area contributed by atoms with Gasteiger partial charge in [-0.1, -0.05) is 18.5 Å². The number of methoxy groups -OCH3 is 1. The Bertz CT molecular complexity index is 1010. The van der Waals surface area contributed by atoms with Gasteiger partial charge in [0.2, 0.25) is 0 Å². The van der Waals surface area contributed by atoms with E-state index in [2.05, 4.69) is 25.8 Å². The van der Waals surface area contributed by atoms with Gasteiger partial charge in [-0.3, -0.25) is 14.3 Å². The van der Waals surface area contributed by atoms with Gasteiger partial charge in [-0.25, -0.2) is 0 Å². The molecule has 0 radical (unpaired) electrons. The number of ketones is 1. The number of Topliss-reactive ketones (excluding diaryl/α,β-unsaturated/α-hetero) is 1. The second-order valence-corrected chi connectivity index (χ2v) is 8.60. The first-order chi connectivity index (χ1) is 14.2. The van der Waals surface area contributed by atoms with Crippen molar-refractivity contribution in [1.29, 1.82) is 0 Å². The van der Waals surface area contributed by atoms with E-state index in [4.69, 9.17) is 21.1 Å². The quantitative estimate of drug-likeness (QED) is 0.456. The lowest BCUT2D eigenvalue weighted by molar-refractivity contribution is 0.101. The van der Waals surface area contributed by atoms with Crippen LogP contribution < -0.4 is 15.2 Å². The van der Waals surface area contributed by atoms with Gasteiger partial charge in [-0.2, -0.15) is 0 Å². The number of fused-ring (bicyclic) bond motifs is 3. The molecule has 2 heterocycles. The Morgan fingerprint density at radius 3 is 2.60 bits per heavy atom. The number of benzene rings is 1. The molecule has 0 fully saturated rings. The minimum absolute atomic E-state index is 0.184. The van der Waals surface area contributed by atoms with Gasteiger partial charge in [0.05, 0.1) is 35.0 Å². The van der Waals surface area contributed by atoms with Crippen LogP contribution in [0.4, 0.5) is 0 Å². The van der Waals surface area contributed by atoms with E-state index in [0.717, 1.165) is 29.7 Å². The molecule has 2 aromatic rings. The highest BCUT2D eigenvalue weighted by molar-refractivity contribution is 6.32. The van der Waals surface area contributed by atoms with E-state index in [1.165, 1.54) is 13.0 Å². The average Bonchev–Trinajstić information content (AvgIpc) is 2.70. The third kappa shape index (κ3) is 4.25. The second-order valence-electron chi connectivity index (χ2n) is 8.20. The number of halogens is 1. The number of nitrogens with zero attached hydrogens (tertiary/aromatic N) is 2. The Kier molecular flexibility index (Phi) is 6.58. The van der Waals surface area contributed by atoms with Crippen molar-refractivity contribution in [3.63, 3.8) is 0 Å². The lowest BCUT2D eigenvalue weighted by Crippen LogP contribution is -2.52. The Morgan fingerprint density at radius 2 is 1.97 bits per heavy atom. The number of rotatable bonds is 8. The molecule has 3 rings (SSSR count). The van der Waals surface area contributed by atoms with Crippen LogP contribution in [0.15, 0.2) is 29.2 Å². The second kappa shape index (κ2) is 8.82. The van der Waals surface area contributed by atoms with Crippen molar-refractivity contribution in [3.05, 3.63) is 50.8 Å². The molecular formula is C23H29ClN2O4. The highest BCUT2D eigenvalue weighted by atomic mass is 35.5. The Morgan fingerprint density at radius 1 is 1.23 bits per heavy atom. The Balaban J connectivity index is 2.12. The monoisotopic (exact) mass is 432 g/mol. The summed E-state index contributed by atoms with van der Waals surface area (Å²) >= 11 is 6.50. The van der Waals surface area contributed by atoms with Gasteiger partial charge in [0, 0.05) is 38.0 Å². The van der Waals surface area contributed by atoms with Crippen molar-refractivity contribution in [3.8, 4) is 17.0 Å². The summed E-state index contributed by atoms with van der Waals surface area (Å²) in [5.41, 5.74) is 2.32. The van der Waals surface area contributed by atoms with Crippen LogP contribution >= 0.6 is 11.6 Å². The number of carbonyl (C=O) groups is 1.